The second kappa shape index (κ2) is 9.66. The number of halogens is 2. The summed E-state index contributed by atoms with van der Waals surface area (Å²) in [5, 5.41) is 10.5. The van der Waals surface area contributed by atoms with E-state index in [0.717, 1.165) is 12.0 Å². The Kier molecular flexibility index (Phi) is 7.18. The molecular formula is C22H24Cl2N4O3. The molecule has 9 heteroatoms. The monoisotopic (exact) mass is 462 g/mol. The number of hydrogen-bond acceptors (Lipinski definition) is 4. The van der Waals surface area contributed by atoms with Crippen LogP contribution in [0.5, 0.6) is 0 Å². The van der Waals surface area contributed by atoms with E-state index in [9.17, 15) is 14.7 Å². The molecule has 164 valence electrons. The van der Waals surface area contributed by atoms with Gasteiger partial charge in [0.15, 0.2) is 0 Å². The third kappa shape index (κ3) is 5.17. The molecule has 0 spiro atoms. The number of anilines is 1. The second-order valence-corrected chi connectivity index (χ2v) is 8.68. The maximum atomic E-state index is 13.2. The number of aromatic nitrogens is 3. The fourth-order valence-corrected chi connectivity index (χ4v) is 3.67. The second-order valence-electron chi connectivity index (χ2n) is 7.87. The number of rotatable bonds is 7. The molecule has 1 atom stereocenters. The molecule has 3 rings (SSSR count). The Bertz CT molecular complexity index is 1160. The van der Waals surface area contributed by atoms with Crippen molar-refractivity contribution < 1.29 is 9.90 Å². The largest absolute Gasteiger partial charge is 0.465 e. The van der Waals surface area contributed by atoms with E-state index in [0.29, 0.717) is 40.2 Å². The SMILES string of the molecule is CC(C)CCCN(C(=O)O)c1cnc2ncc([C@@H](C)c3ccc(Cl)c(Cl)c3)c(=O)n2c1. The van der Waals surface area contributed by atoms with Crippen LogP contribution in [0, 0.1) is 5.92 Å². The highest BCUT2D eigenvalue weighted by atomic mass is 35.5. The van der Waals surface area contributed by atoms with E-state index in [1.54, 1.807) is 12.1 Å². The summed E-state index contributed by atoms with van der Waals surface area (Å²) in [5.74, 6) is 0.380. The van der Waals surface area contributed by atoms with Gasteiger partial charge in [-0.25, -0.2) is 19.2 Å². The summed E-state index contributed by atoms with van der Waals surface area (Å²) >= 11 is 12.1. The minimum Gasteiger partial charge on any atom is -0.465 e. The lowest BCUT2D eigenvalue weighted by molar-refractivity contribution is 0.201. The number of carbonyl (C=O) groups is 1. The fraction of sp³-hybridized carbons (Fsp3) is 0.364. The summed E-state index contributed by atoms with van der Waals surface area (Å²) in [6, 6.07) is 5.21. The fourth-order valence-electron chi connectivity index (χ4n) is 3.37. The van der Waals surface area contributed by atoms with Crippen molar-refractivity contribution in [3.8, 4) is 0 Å². The molecule has 0 aliphatic rings. The van der Waals surface area contributed by atoms with Crippen LogP contribution in [0.15, 0.2) is 41.6 Å². The number of nitrogens with zero attached hydrogens (tertiary/aromatic N) is 4. The highest BCUT2D eigenvalue weighted by molar-refractivity contribution is 6.42. The molecule has 1 amide bonds. The first kappa shape index (κ1) is 23.0. The van der Waals surface area contributed by atoms with Crippen molar-refractivity contribution in [3.63, 3.8) is 0 Å². The molecule has 0 fully saturated rings. The van der Waals surface area contributed by atoms with Gasteiger partial charge < -0.3 is 5.11 Å². The van der Waals surface area contributed by atoms with Gasteiger partial charge >= 0.3 is 6.09 Å². The van der Waals surface area contributed by atoms with Crippen LogP contribution in [0.1, 0.15) is 50.7 Å². The smallest absolute Gasteiger partial charge is 0.411 e. The van der Waals surface area contributed by atoms with Crippen LogP contribution < -0.4 is 10.5 Å². The zero-order valence-corrected chi connectivity index (χ0v) is 19.1. The Morgan fingerprint density at radius 1 is 1.16 bits per heavy atom. The van der Waals surface area contributed by atoms with E-state index in [1.165, 1.54) is 27.9 Å². The average molecular weight is 463 g/mol. The molecule has 1 N–H and O–H groups in total. The highest BCUT2D eigenvalue weighted by Crippen LogP contribution is 2.29. The lowest BCUT2D eigenvalue weighted by Gasteiger charge is -2.20. The van der Waals surface area contributed by atoms with E-state index in [-0.39, 0.29) is 17.3 Å². The van der Waals surface area contributed by atoms with Crippen molar-refractivity contribution in [1.29, 1.82) is 0 Å². The van der Waals surface area contributed by atoms with E-state index < -0.39 is 6.09 Å². The van der Waals surface area contributed by atoms with E-state index in [1.807, 2.05) is 13.0 Å². The molecule has 0 radical (unpaired) electrons. The Labute approximate surface area is 190 Å². The molecule has 1 aromatic carbocycles. The van der Waals surface area contributed by atoms with Gasteiger partial charge in [-0.3, -0.25) is 9.69 Å². The molecule has 0 saturated heterocycles. The van der Waals surface area contributed by atoms with Gasteiger partial charge in [-0.05, 0) is 36.5 Å². The summed E-state index contributed by atoms with van der Waals surface area (Å²) in [6.45, 7) is 6.37. The van der Waals surface area contributed by atoms with E-state index in [2.05, 4.69) is 23.8 Å². The summed E-state index contributed by atoms with van der Waals surface area (Å²) < 4.78 is 1.29. The molecule has 0 unspecified atom stereocenters. The topological polar surface area (TPSA) is 87.8 Å². The van der Waals surface area contributed by atoms with Crippen molar-refractivity contribution in [2.24, 2.45) is 5.92 Å². The standard InChI is InChI=1S/C22H24Cl2N4O3/c1-13(2)5-4-8-27(22(30)31)16-10-25-21-26-11-17(20(29)28(21)12-16)14(3)15-6-7-18(23)19(24)9-15/h6-7,9-14H,4-5,8H2,1-3H3,(H,30,31)/t14-/m0/s1. The third-order valence-electron chi connectivity index (χ3n) is 5.19. The zero-order chi connectivity index (χ0) is 22.7. The summed E-state index contributed by atoms with van der Waals surface area (Å²) in [7, 11) is 0. The van der Waals surface area contributed by atoms with E-state index in [4.69, 9.17) is 23.2 Å². The van der Waals surface area contributed by atoms with Crippen LogP contribution >= 0.6 is 23.2 Å². The summed E-state index contributed by atoms with van der Waals surface area (Å²) in [4.78, 5) is 34.7. The molecule has 3 aromatic rings. The number of hydrogen-bond donors (Lipinski definition) is 1. The molecule has 0 aliphatic carbocycles. The first-order valence-electron chi connectivity index (χ1n) is 10.0. The van der Waals surface area contributed by atoms with Gasteiger partial charge in [-0.15, -0.1) is 0 Å². The Balaban J connectivity index is 1.99. The van der Waals surface area contributed by atoms with Gasteiger partial charge in [-0.2, -0.15) is 0 Å². The molecule has 0 bridgehead atoms. The Morgan fingerprint density at radius 3 is 2.52 bits per heavy atom. The minimum atomic E-state index is -1.09. The average Bonchev–Trinajstić information content (AvgIpc) is 2.72. The third-order valence-corrected chi connectivity index (χ3v) is 5.93. The normalized spacial score (nSPS) is 12.3. The predicted octanol–water partition coefficient (Wildman–Crippen LogP) is 5.47. The number of amides is 1. The molecule has 0 saturated carbocycles. The Hall–Kier alpha value is -2.64. The molecule has 31 heavy (non-hydrogen) atoms. The van der Waals surface area contributed by atoms with Crippen molar-refractivity contribution in [1.82, 2.24) is 14.4 Å². The van der Waals surface area contributed by atoms with Crippen LogP contribution in [0.3, 0.4) is 0 Å². The van der Waals surface area contributed by atoms with Crippen LogP contribution in [0.25, 0.3) is 5.78 Å². The quantitative estimate of drug-likeness (QED) is 0.502. The highest BCUT2D eigenvalue weighted by Gasteiger charge is 2.19. The lowest BCUT2D eigenvalue weighted by Crippen LogP contribution is -2.31. The number of carboxylic acid groups (broad SMARTS) is 1. The van der Waals surface area contributed by atoms with Gasteiger partial charge in [0, 0.05) is 30.4 Å². The first-order chi connectivity index (χ1) is 14.7. The number of fused-ring (bicyclic) bond motifs is 1. The molecule has 2 heterocycles. The molecule has 7 nitrogen and oxygen atoms in total. The number of benzene rings is 1. The van der Waals surface area contributed by atoms with Crippen LogP contribution in [0.2, 0.25) is 10.0 Å². The van der Waals surface area contributed by atoms with Gasteiger partial charge in [0.2, 0.25) is 5.78 Å². The van der Waals surface area contributed by atoms with Crippen molar-refractivity contribution in [2.75, 3.05) is 11.4 Å². The van der Waals surface area contributed by atoms with Crippen molar-refractivity contribution >= 4 is 40.8 Å². The first-order valence-corrected chi connectivity index (χ1v) is 10.8. The van der Waals surface area contributed by atoms with Crippen molar-refractivity contribution in [3.05, 3.63) is 68.3 Å². The van der Waals surface area contributed by atoms with E-state index >= 15 is 0 Å². The molecular weight excluding hydrogens is 439 g/mol. The lowest BCUT2D eigenvalue weighted by atomic mass is 9.95. The Morgan fingerprint density at radius 2 is 1.87 bits per heavy atom. The van der Waals surface area contributed by atoms with Crippen molar-refractivity contribution in [2.45, 2.75) is 39.5 Å². The van der Waals surface area contributed by atoms with Gasteiger partial charge in [-0.1, -0.05) is 50.0 Å². The van der Waals surface area contributed by atoms with Crippen LogP contribution in [-0.2, 0) is 0 Å². The van der Waals surface area contributed by atoms with Crippen LogP contribution in [-0.4, -0.2) is 32.1 Å². The summed E-state index contributed by atoms with van der Waals surface area (Å²) in [6.07, 6.45) is 4.92. The molecule has 2 aromatic heterocycles. The predicted molar refractivity (Wildman–Crippen MR) is 123 cm³/mol. The van der Waals surface area contributed by atoms with Gasteiger partial charge in [0.25, 0.3) is 5.56 Å². The van der Waals surface area contributed by atoms with Gasteiger partial charge in [0.1, 0.15) is 0 Å². The summed E-state index contributed by atoms with van der Waals surface area (Å²) in [5.41, 5.74) is 1.27. The van der Waals surface area contributed by atoms with Gasteiger partial charge in [0.05, 0.1) is 21.9 Å². The zero-order valence-electron chi connectivity index (χ0n) is 17.5. The molecule has 0 aliphatic heterocycles. The maximum Gasteiger partial charge on any atom is 0.411 e. The maximum absolute atomic E-state index is 13.2. The minimum absolute atomic E-state index is 0.200. The van der Waals surface area contributed by atoms with Crippen LogP contribution in [0.4, 0.5) is 10.5 Å².